The molecule has 7 heteroatoms. The molecule has 0 aliphatic carbocycles. The van der Waals surface area contributed by atoms with Crippen molar-refractivity contribution in [3.05, 3.63) is 48.5 Å². The maximum Gasteiger partial charge on any atom is 0.350 e. The van der Waals surface area contributed by atoms with Gasteiger partial charge in [-0.05, 0) is 26.0 Å². The first-order valence-corrected chi connectivity index (χ1v) is 7.38. The van der Waals surface area contributed by atoms with Crippen LogP contribution in [-0.4, -0.2) is 17.1 Å². The highest BCUT2D eigenvalue weighted by molar-refractivity contribution is 7.11. The Hall–Kier alpha value is -1.30. The normalized spacial score (nSPS) is 10.6. The summed E-state index contributed by atoms with van der Waals surface area (Å²) in [5.41, 5.74) is 0.846. The first-order chi connectivity index (χ1) is 9.47. The smallest absolute Gasteiger partial charge is 0.350 e. The van der Waals surface area contributed by atoms with Gasteiger partial charge in [-0.25, -0.2) is 4.79 Å². The number of ether oxygens (including phenoxy) is 1. The molecule has 106 valence electrons. The van der Waals surface area contributed by atoms with Crippen molar-refractivity contribution in [3.8, 4) is 5.69 Å². The average molecular weight is 332 g/mol. The van der Waals surface area contributed by atoms with Crippen LogP contribution in [0.25, 0.3) is 5.69 Å². The molecule has 1 heterocycles. The summed E-state index contributed by atoms with van der Waals surface area (Å²) in [5.74, 6) is -0.519. The van der Waals surface area contributed by atoms with Gasteiger partial charge in [-0.2, -0.15) is 0 Å². The van der Waals surface area contributed by atoms with Crippen molar-refractivity contribution < 1.29 is 9.53 Å². The molecule has 1 aromatic carbocycles. The number of para-hydroxylation sites is 1. The molecule has 0 unspecified atom stereocenters. The van der Waals surface area contributed by atoms with Crippen LogP contribution >= 0.6 is 34.5 Å². The lowest BCUT2D eigenvalue weighted by Crippen LogP contribution is -2.13. The van der Waals surface area contributed by atoms with Crippen molar-refractivity contribution in [2.45, 2.75) is 13.8 Å². The molecule has 0 bridgehead atoms. The fourth-order valence-corrected chi connectivity index (χ4v) is 3.23. The van der Waals surface area contributed by atoms with Crippen molar-refractivity contribution >= 4 is 40.5 Å². The molecule has 0 spiro atoms. The molecule has 2 aromatic rings. The third-order valence-corrected chi connectivity index (χ3v) is 4.29. The molecule has 0 radical (unpaired) electrons. The number of halogens is 2. The molecule has 4 nitrogen and oxygen atoms in total. The Labute approximate surface area is 129 Å². The van der Waals surface area contributed by atoms with E-state index in [1.807, 2.05) is 0 Å². The summed E-state index contributed by atoms with van der Waals surface area (Å²) < 4.78 is 6.26. The highest BCUT2D eigenvalue weighted by Gasteiger charge is 2.22. The topological polar surface area (TPSA) is 48.3 Å². The monoisotopic (exact) mass is 331 g/mol. The predicted molar refractivity (Wildman–Crippen MR) is 80.6 cm³/mol. The van der Waals surface area contributed by atoms with Crippen LogP contribution in [0.1, 0.15) is 22.3 Å². The quantitative estimate of drug-likeness (QED) is 0.806. The Kier molecular flexibility index (Phi) is 4.52. The third-order valence-electron chi connectivity index (χ3n) is 2.66. The minimum Gasteiger partial charge on any atom is -0.462 e. The van der Waals surface area contributed by atoms with Crippen molar-refractivity contribution in [2.24, 2.45) is 0 Å². The number of esters is 1. The first kappa shape index (κ1) is 15.1. The molecule has 0 saturated carbocycles. The second-order valence-electron chi connectivity index (χ2n) is 3.91. The lowest BCUT2D eigenvalue weighted by atomic mass is 10.3. The number of carbonyl (C=O) groups excluding carboxylic acids is 1. The van der Waals surface area contributed by atoms with Crippen LogP contribution in [0.4, 0.5) is 0 Å². The number of carbonyl (C=O) groups is 1. The first-order valence-electron chi connectivity index (χ1n) is 5.81. The molecule has 2 rings (SSSR count). The van der Waals surface area contributed by atoms with E-state index in [2.05, 4.69) is 0 Å². The highest BCUT2D eigenvalue weighted by atomic mass is 35.5. The number of thiazole rings is 1. The number of hydrogen-bond donors (Lipinski definition) is 0. The zero-order chi connectivity index (χ0) is 14.9. The van der Waals surface area contributed by atoms with Gasteiger partial charge in [0, 0.05) is 5.69 Å². The molecule has 0 saturated heterocycles. The van der Waals surface area contributed by atoms with Crippen molar-refractivity contribution in [1.82, 2.24) is 4.57 Å². The second kappa shape index (κ2) is 5.99. The Morgan fingerprint density at radius 1 is 1.35 bits per heavy atom. The van der Waals surface area contributed by atoms with Gasteiger partial charge in [0.2, 0.25) is 0 Å². The standard InChI is InChI=1S/C13H11Cl2NO3S/c1-3-19-12(17)11-7(2)16(13(18)20-11)10-8(14)5-4-6-9(10)15/h4-6H,3H2,1-2H3. The van der Waals surface area contributed by atoms with Crippen LogP contribution in [-0.2, 0) is 4.74 Å². The van der Waals surface area contributed by atoms with Crippen LogP contribution < -0.4 is 4.87 Å². The molecule has 20 heavy (non-hydrogen) atoms. The number of hydrogen-bond acceptors (Lipinski definition) is 4. The fraction of sp³-hybridized carbons (Fsp3) is 0.231. The SMILES string of the molecule is CCOC(=O)c1sc(=O)n(-c2c(Cl)cccc2Cl)c1C. The maximum atomic E-state index is 12.1. The highest BCUT2D eigenvalue weighted by Crippen LogP contribution is 2.30. The Morgan fingerprint density at radius 2 is 1.95 bits per heavy atom. The molecule has 0 fully saturated rings. The van der Waals surface area contributed by atoms with E-state index in [1.165, 1.54) is 4.57 Å². The van der Waals surface area contributed by atoms with E-state index in [0.29, 0.717) is 21.4 Å². The molecular weight excluding hydrogens is 321 g/mol. The molecule has 0 N–H and O–H groups in total. The van der Waals surface area contributed by atoms with Gasteiger partial charge in [-0.15, -0.1) is 0 Å². The van der Waals surface area contributed by atoms with E-state index in [-0.39, 0.29) is 16.4 Å². The molecule has 0 atom stereocenters. The molecule has 1 aromatic heterocycles. The van der Waals surface area contributed by atoms with Gasteiger partial charge in [0.1, 0.15) is 4.88 Å². The lowest BCUT2D eigenvalue weighted by molar-refractivity contribution is 0.0531. The summed E-state index contributed by atoms with van der Waals surface area (Å²) in [6, 6.07) is 4.96. The fourth-order valence-electron chi connectivity index (χ4n) is 1.79. The molecule has 0 aliphatic rings. The van der Waals surface area contributed by atoms with E-state index in [4.69, 9.17) is 27.9 Å². The van der Waals surface area contributed by atoms with E-state index < -0.39 is 5.97 Å². The Bertz CT molecular complexity index is 701. The minimum atomic E-state index is -0.519. The Morgan fingerprint density at radius 3 is 2.50 bits per heavy atom. The summed E-state index contributed by atoms with van der Waals surface area (Å²) in [5, 5.41) is 0.687. The van der Waals surface area contributed by atoms with Crippen LogP contribution in [0.3, 0.4) is 0 Å². The van der Waals surface area contributed by atoms with Gasteiger partial charge in [0.05, 0.1) is 22.3 Å². The van der Waals surface area contributed by atoms with Gasteiger partial charge in [-0.1, -0.05) is 40.6 Å². The number of aromatic nitrogens is 1. The summed E-state index contributed by atoms with van der Waals surface area (Å²) in [7, 11) is 0. The number of nitrogens with zero attached hydrogens (tertiary/aromatic N) is 1. The predicted octanol–water partition coefficient (Wildman–Crippen LogP) is 3.69. The van der Waals surface area contributed by atoms with Crippen molar-refractivity contribution in [3.63, 3.8) is 0 Å². The van der Waals surface area contributed by atoms with Gasteiger partial charge >= 0.3 is 10.8 Å². The lowest BCUT2D eigenvalue weighted by Gasteiger charge is -2.09. The summed E-state index contributed by atoms with van der Waals surface area (Å²) >= 11 is 13.0. The number of rotatable bonds is 3. The zero-order valence-electron chi connectivity index (χ0n) is 10.8. The third kappa shape index (κ3) is 2.61. The van der Waals surface area contributed by atoms with Gasteiger partial charge in [0.15, 0.2) is 0 Å². The molecule has 0 amide bonds. The van der Waals surface area contributed by atoms with Crippen LogP contribution in [0.5, 0.6) is 0 Å². The van der Waals surface area contributed by atoms with E-state index in [1.54, 1.807) is 32.0 Å². The number of benzene rings is 1. The van der Waals surface area contributed by atoms with E-state index in [0.717, 1.165) is 11.3 Å². The van der Waals surface area contributed by atoms with Crippen molar-refractivity contribution in [1.29, 1.82) is 0 Å². The van der Waals surface area contributed by atoms with Crippen LogP contribution in [0.2, 0.25) is 10.0 Å². The molecular formula is C13H11Cl2NO3S. The van der Waals surface area contributed by atoms with E-state index >= 15 is 0 Å². The van der Waals surface area contributed by atoms with Crippen LogP contribution in [0.15, 0.2) is 23.0 Å². The largest absolute Gasteiger partial charge is 0.462 e. The zero-order valence-corrected chi connectivity index (χ0v) is 13.1. The molecule has 0 aliphatic heterocycles. The van der Waals surface area contributed by atoms with E-state index in [9.17, 15) is 9.59 Å². The maximum absolute atomic E-state index is 12.1. The van der Waals surface area contributed by atoms with Crippen LogP contribution in [0, 0.1) is 6.92 Å². The Balaban J connectivity index is 2.65. The van der Waals surface area contributed by atoms with Gasteiger partial charge in [0.25, 0.3) is 0 Å². The minimum absolute atomic E-state index is 0.247. The summed E-state index contributed by atoms with van der Waals surface area (Å²) in [6.45, 7) is 3.61. The van der Waals surface area contributed by atoms with Crippen molar-refractivity contribution in [2.75, 3.05) is 6.61 Å². The summed E-state index contributed by atoms with van der Waals surface area (Å²) in [4.78, 5) is 23.9. The average Bonchev–Trinajstić information content (AvgIpc) is 2.67. The second-order valence-corrected chi connectivity index (χ2v) is 5.68. The van der Waals surface area contributed by atoms with Gasteiger partial charge < -0.3 is 4.74 Å². The summed E-state index contributed by atoms with van der Waals surface area (Å²) in [6.07, 6.45) is 0. The van der Waals surface area contributed by atoms with Gasteiger partial charge in [-0.3, -0.25) is 9.36 Å².